The highest BCUT2D eigenvalue weighted by Crippen LogP contribution is 2.35. The number of rotatable bonds is 4. The lowest BCUT2D eigenvalue weighted by molar-refractivity contribution is 0.468. The molecule has 0 saturated carbocycles. The second kappa shape index (κ2) is 7.48. The highest BCUT2D eigenvalue weighted by molar-refractivity contribution is 7.15. The highest BCUT2D eigenvalue weighted by atomic mass is 32.1. The molecule has 4 heterocycles. The molecule has 0 saturated heterocycles. The molecule has 6 heteroatoms. The van der Waals surface area contributed by atoms with Crippen molar-refractivity contribution in [3.05, 3.63) is 81.2 Å². The standard InChI is InChI=1S/C23H19N3O2S/c1-4-18-15(6-5-9-24-18)10-13(2)17-11-16-12-19(27)23(28)26-22(16)25-21(17)20-8-7-14(3)29-20/h4-12,27H,1H2,2-3H3,(H,25,26,28)/b13-10+. The fourth-order valence-electron chi connectivity index (χ4n) is 3.21. The third kappa shape index (κ3) is 3.62. The Morgan fingerprint density at radius 1 is 1.28 bits per heavy atom. The van der Waals surface area contributed by atoms with E-state index >= 15 is 0 Å². The van der Waals surface area contributed by atoms with E-state index in [-0.39, 0.29) is 5.75 Å². The largest absolute Gasteiger partial charge is 0.503 e. The molecule has 0 aliphatic rings. The van der Waals surface area contributed by atoms with Gasteiger partial charge in [-0.05, 0) is 61.9 Å². The van der Waals surface area contributed by atoms with E-state index in [1.807, 2.05) is 50.3 Å². The summed E-state index contributed by atoms with van der Waals surface area (Å²) < 4.78 is 0. The number of hydrogen-bond acceptors (Lipinski definition) is 5. The summed E-state index contributed by atoms with van der Waals surface area (Å²) in [6.07, 6.45) is 5.51. The second-order valence-electron chi connectivity index (χ2n) is 6.73. The Bertz CT molecular complexity index is 1330. The molecule has 0 aliphatic heterocycles. The van der Waals surface area contributed by atoms with E-state index < -0.39 is 5.56 Å². The first-order valence-corrected chi connectivity index (χ1v) is 9.88. The van der Waals surface area contributed by atoms with Crippen LogP contribution in [0, 0.1) is 6.92 Å². The fraction of sp³-hybridized carbons (Fsp3) is 0.0870. The average Bonchev–Trinajstić information content (AvgIpc) is 3.14. The number of aromatic nitrogens is 3. The number of aromatic amines is 1. The molecule has 0 radical (unpaired) electrons. The van der Waals surface area contributed by atoms with Crippen LogP contribution < -0.4 is 5.56 Å². The van der Waals surface area contributed by atoms with Crippen molar-refractivity contribution in [2.75, 3.05) is 0 Å². The maximum atomic E-state index is 11.8. The summed E-state index contributed by atoms with van der Waals surface area (Å²) >= 11 is 1.64. The number of pyridine rings is 3. The zero-order valence-corrected chi connectivity index (χ0v) is 16.9. The number of fused-ring (bicyclic) bond motifs is 1. The molecule has 0 bridgehead atoms. The van der Waals surface area contributed by atoms with E-state index in [2.05, 4.69) is 16.5 Å². The number of aromatic hydroxyl groups is 1. The van der Waals surface area contributed by atoms with Crippen molar-refractivity contribution >= 4 is 40.1 Å². The smallest absolute Gasteiger partial charge is 0.291 e. The predicted octanol–water partition coefficient (Wildman–Crippen LogP) is 5.26. The van der Waals surface area contributed by atoms with Crippen LogP contribution in [-0.2, 0) is 0 Å². The lowest BCUT2D eigenvalue weighted by atomic mass is 10.00. The van der Waals surface area contributed by atoms with E-state index in [9.17, 15) is 9.90 Å². The maximum Gasteiger partial charge on any atom is 0.291 e. The van der Waals surface area contributed by atoms with E-state index in [0.717, 1.165) is 33.0 Å². The van der Waals surface area contributed by atoms with Gasteiger partial charge in [0.1, 0.15) is 5.65 Å². The van der Waals surface area contributed by atoms with Gasteiger partial charge in [0.25, 0.3) is 5.56 Å². The van der Waals surface area contributed by atoms with Crippen LogP contribution in [0.5, 0.6) is 5.75 Å². The van der Waals surface area contributed by atoms with Crippen LogP contribution in [-0.4, -0.2) is 20.1 Å². The van der Waals surface area contributed by atoms with Gasteiger partial charge in [-0.3, -0.25) is 9.78 Å². The Kier molecular flexibility index (Phi) is 4.86. The van der Waals surface area contributed by atoms with Gasteiger partial charge in [0.2, 0.25) is 0 Å². The number of nitrogens with zero attached hydrogens (tertiary/aromatic N) is 2. The number of allylic oxidation sites excluding steroid dienone is 1. The lowest BCUT2D eigenvalue weighted by Crippen LogP contribution is -2.06. The fourth-order valence-corrected chi connectivity index (χ4v) is 4.08. The molecular formula is C23H19N3O2S. The van der Waals surface area contributed by atoms with Crippen molar-refractivity contribution in [3.63, 3.8) is 0 Å². The lowest BCUT2D eigenvalue weighted by Gasteiger charge is -2.11. The normalized spacial score (nSPS) is 11.7. The Morgan fingerprint density at radius 2 is 2.10 bits per heavy atom. The molecule has 29 heavy (non-hydrogen) atoms. The van der Waals surface area contributed by atoms with E-state index in [0.29, 0.717) is 11.0 Å². The van der Waals surface area contributed by atoms with E-state index in [1.165, 1.54) is 10.9 Å². The van der Waals surface area contributed by atoms with Crippen LogP contribution in [0.25, 0.3) is 39.3 Å². The first kappa shape index (κ1) is 18.8. The van der Waals surface area contributed by atoms with Crippen LogP contribution >= 0.6 is 11.3 Å². The van der Waals surface area contributed by atoms with Crippen molar-refractivity contribution in [2.24, 2.45) is 0 Å². The predicted molar refractivity (Wildman–Crippen MR) is 120 cm³/mol. The minimum absolute atomic E-state index is 0.326. The number of nitrogens with one attached hydrogen (secondary N) is 1. The third-order valence-corrected chi connectivity index (χ3v) is 5.65. The Morgan fingerprint density at radius 3 is 2.83 bits per heavy atom. The quantitative estimate of drug-likeness (QED) is 0.489. The summed E-state index contributed by atoms with van der Waals surface area (Å²) in [4.78, 5) is 25.8. The molecule has 0 fully saturated rings. The maximum absolute atomic E-state index is 11.8. The summed E-state index contributed by atoms with van der Waals surface area (Å²) in [6.45, 7) is 7.89. The van der Waals surface area contributed by atoms with Crippen molar-refractivity contribution in [3.8, 4) is 16.3 Å². The van der Waals surface area contributed by atoms with Crippen molar-refractivity contribution < 1.29 is 5.11 Å². The number of H-pyrrole nitrogens is 1. The molecule has 2 N–H and O–H groups in total. The summed E-state index contributed by atoms with van der Waals surface area (Å²) in [5.41, 5.74) is 4.35. The van der Waals surface area contributed by atoms with Gasteiger partial charge >= 0.3 is 0 Å². The zero-order chi connectivity index (χ0) is 20.5. The summed E-state index contributed by atoms with van der Waals surface area (Å²) in [5, 5.41) is 10.5. The molecule has 4 aromatic rings. The molecule has 0 spiro atoms. The molecule has 5 nitrogen and oxygen atoms in total. The van der Waals surface area contributed by atoms with Crippen molar-refractivity contribution in [1.29, 1.82) is 0 Å². The first-order valence-electron chi connectivity index (χ1n) is 9.06. The molecule has 0 aliphatic carbocycles. The van der Waals surface area contributed by atoms with Crippen LogP contribution in [0.15, 0.2) is 54.0 Å². The Labute approximate surface area is 171 Å². The van der Waals surface area contributed by atoms with Gasteiger partial charge in [0, 0.05) is 27.6 Å². The van der Waals surface area contributed by atoms with Crippen LogP contribution in [0.3, 0.4) is 0 Å². The van der Waals surface area contributed by atoms with Gasteiger partial charge in [0.05, 0.1) is 16.3 Å². The Hall–Kier alpha value is -3.51. The van der Waals surface area contributed by atoms with E-state index in [4.69, 9.17) is 4.98 Å². The van der Waals surface area contributed by atoms with Gasteiger partial charge in [-0.1, -0.05) is 12.6 Å². The van der Waals surface area contributed by atoms with Crippen LogP contribution in [0.2, 0.25) is 0 Å². The molecule has 0 amide bonds. The van der Waals surface area contributed by atoms with Crippen molar-refractivity contribution in [2.45, 2.75) is 13.8 Å². The highest BCUT2D eigenvalue weighted by Gasteiger charge is 2.14. The number of thiophene rings is 1. The SMILES string of the molecule is C=Cc1ncccc1/C=C(\C)c1cc2cc(O)c(=O)[nH]c2nc1-c1ccc(C)s1. The third-order valence-electron chi connectivity index (χ3n) is 4.64. The minimum atomic E-state index is -0.552. The van der Waals surface area contributed by atoms with Crippen LogP contribution in [0.1, 0.15) is 28.6 Å². The zero-order valence-electron chi connectivity index (χ0n) is 16.1. The van der Waals surface area contributed by atoms with Gasteiger partial charge in [-0.2, -0.15) is 0 Å². The minimum Gasteiger partial charge on any atom is -0.503 e. The molecule has 0 aromatic carbocycles. The monoisotopic (exact) mass is 401 g/mol. The summed E-state index contributed by atoms with van der Waals surface area (Å²) in [7, 11) is 0. The average molecular weight is 401 g/mol. The molecule has 0 unspecified atom stereocenters. The molecule has 144 valence electrons. The van der Waals surface area contributed by atoms with Crippen molar-refractivity contribution in [1.82, 2.24) is 15.0 Å². The van der Waals surface area contributed by atoms with Gasteiger partial charge < -0.3 is 10.1 Å². The van der Waals surface area contributed by atoms with E-state index in [1.54, 1.807) is 23.6 Å². The number of hydrogen-bond donors (Lipinski definition) is 2. The molecule has 0 atom stereocenters. The second-order valence-corrected chi connectivity index (χ2v) is 8.01. The van der Waals surface area contributed by atoms with Crippen LogP contribution in [0.4, 0.5) is 0 Å². The molecular weight excluding hydrogens is 382 g/mol. The summed E-state index contributed by atoms with van der Waals surface area (Å²) in [5.74, 6) is -0.326. The van der Waals surface area contributed by atoms with Gasteiger partial charge in [0.15, 0.2) is 5.75 Å². The molecule has 4 aromatic heterocycles. The van der Waals surface area contributed by atoms with Gasteiger partial charge in [-0.25, -0.2) is 4.98 Å². The summed E-state index contributed by atoms with van der Waals surface area (Å²) in [6, 6.07) is 11.3. The Balaban J connectivity index is 1.98. The first-order chi connectivity index (χ1) is 14.0. The van der Waals surface area contributed by atoms with Gasteiger partial charge in [-0.15, -0.1) is 11.3 Å². The number of aryl methyl sites for hydroxylation is 1. The molecule has 4 rings (SSSR count). The topological polar surface area (TPSA) is 78.9 Å².